The Morgan fingerprint density at radius 2 is 2.00 bits per heavy atom. The quantitative estimate of drug-likeness (QED) is 0.683. The molecule has 6 heteroatoms. The third-order valence-electron chi connectivity index (χ3n) is 3.20. The minimum absolute atomic E-state index is 0.370. The molecule has 0 fully saturated rings. The van der Waals surface area contributed by atoms with Crippen molar-refractivity contribution in [2.24, 2.45) is 0 Å². The molecule has 0 heterocycles. The van der Waals surface area contributed by atoms with Gasteiger partial charge >= 0.3 is 0 Å². The molecule has 0 saturated heterocycles. The largest absolute Gasteiger partial charge is 0.310 e. The number of hydrogen-bond donors (Lipinski definition) is 2. The molecule has 120 valence electrons. The lowest BCUT2D eigenvalue weighted by Crippen LogP contribution is -2.27. The minimum Gasteiger partial charge on any atom is -0.310 e. The Morgan fingerprint density at radius 1 is 1.29 bits per heavy atom. The number of rotatable bonds is 9. The molecular weight excluding hydrogens is 304 g/mol. The molecule has 4 nitrogen and oxygen atoms in total. The van der Waals surface area contributed by atoms with Crippen LogP contribution in [0.3, 0.4) is 0 Å². The van der Waals surface area contributed by atoms with Gasteiger partial charge in [-0.25, -0.2) is 13.1 Å². The normalized spacial score (nSPS) is 12.0. The van der Waals surface area contributed by atoms with Crippen molar-refractivity contribution < 1.29 is 8.42 Å². The summed E-state index contributed by atoms with van der Waals surface area (Å²) in [4.78, 5) is 0.384. The van der Waals surface area contributed by atoms with E-state index in [-0.39, 0.29) is 0 Å². The van der Waals surface area contributed by atoms with E-state index >= 15 is 0 Å². The van der Waals surface area contributed by atoms with Gasteiger partial charge in [-0.3, -0.25) is 0 Å². The molecule has 0 spiro atoms. The SMILES string of the molecule is CSCCCNS(=O)(=O)c1cccc(CNC(C)C)c1C. The average Bonchev–Trinajstić information content (AvgIpc) is 2.42. The highest BCUT2D eigenvalue weighted by Crippen LogP contribution is 2.19. The number of thioether (sulfide) groups is 1. The van der Waals surface area contributed by atoms with Gasteiger partial charge < -0.3 is 5.32 Å². The van der Waals surface area contributed by atoms with Crippen molar-refractivity contribution in [3.63, 3.8) is 0 Å². The molecule has 0 aliphatic heterocycles. The van der Waals surface area contributed by atoms with Gasteiger partial charge in [-0.05, 0) is 42.5 Å². The summed E-state index contributed by atoms with van der Waals surface area (Å²) in [5.41, 5.74) is 1.85. The summed E-state index contributed by atoms with van der Waals surface area (Å²) in [6.45, 7) is 7.18. The van der Waals surface area contributed by atoms with Crippen molar-refractivity contribution in [3.8, 4) is 0 Å². The lowest BCUT2D eigenvalue weighted by molar-refractivity contribution is 0.577. The second kappa shape index (κ2) is 8.78. The minimum atomic E-state index is -3.42. The second-order valence-corrected chi connectivity index (χ2v) is 8.04. The van der Waals surface area contributed by atoms with Crippen molar-refractivity contribution in [2.75, 3.05) is 18.6 Å². The Hall–Kier alpha value is -0.560. The van der Waals surface area contributed by atoms with E-state index in [4.69, 9.17) is 0 Å². The predicted molar refractivity (Wildman–Crippen MR) is 91.3 cm³/mol. The number of benzene rings is 1. The first-order valence-corrected chi connectivity index (χ1v) is 10.1. The molecule has 0 atom stereocenters. The van der Waals surface area contributed by atoms with Gasteiger partial charge in [-0.2, -0.15) is 11.8 Å². The zero-order valence-corrected chi connectivity index (χ0v) is 14.9. The number of sulfonamides is 1. The van der Waals surface area contributed by atoms with Gasteiger partial charge in [0.25, 0.3) is 0 Å². The van der Waals surface area contributed by atoms with Crippen LogP contribution in [-0.2, 0) is 16.6 Å². The zero-order valence-electron chi connectivity index (χ0n) is 13.3. The van der Waals surface area contributed by atoms with Gasteiger partial charge in [-0.15, -0.1) is 0 Å². The van der Waals surface area contributed by atoms with Crippen LogP contribution in [0.4, 0.5) is 0 Å². The van der Waals surface area contributed by atoms with Crippen LogP contribution in [0.1, 0.15) is 31.4 Å². The summed E-state index contributed by atoms with van der Waals surface area (Å²) >= 11 is 1.72. The Morgan fingerprint density at radius 3 is 2.62 bits per heavy atom. The van der Waals surface area contributed by atoms with Gasteiger partial charge in [0.1, 0.15) is 0 Å². The molecule has 0 unspecified atom stereocenters. The van der Waals surface area contributed by atoms with Crippen molar-refractivity contribution >= 4 is 21.8 Å². The maximum absolute atomic E-state index is 12.4. The number of hydrogen-bond acceptors (Lipinski definition) is 4. The van der Waals surface area contributed by atoms with Crippen LogP contribution in [0.5, 0.6) is 0 Å². The Labute approximate surface area is 133 Å². The van der Waals surface area contributed by atoms with Crippen LogP contribution in [-0.4, -0.2) is 33.0 Å². The summed E-state index contributed by atoms with van der Waals surface area (Å²) in [6.07, 6.45) is 2.86. The second-order valence-electron chi connectivity index (χ2n) is 5.32. The van der Waals surface area contributed by atoms with Crippen LogP contribution in [0, 0.1) is 6.92 Å². The molecule has 1 aromatic rings. The van der Waals surface area contributed by atoms with Crippen LogP contribution >= 0.6 is 11.8 Å². The molecule has 2 N–H and O–H groups in total. The van der Waals surface area contributed by atoms with Gasteiger partial charge in [0.15, 0.2) is 0 Å². The highest BCUT2D eigenvalue weighted by atomic mass is 32.2. The molecule has 0 bridgehead atoms. The first-order chi connectivity index (χ1) is 9.88. The third-order valence-corrected chi connectivity index (χ3v) is 5.51. The van der Waals surface area contributed by atoms with E-state index in [9.17, 15) is 8.42 Å². The monoisotopic (exact) mass is 330 g/mol. The molecule has 0 saturated carbocycles. The topological polar surface area (TPSA) is 58.2 Å². The van der Waals surface area contributed by atoms with Crippen molar-refractivity contribution in [1.29, 1.82) is 0 Å². The molecule has 0 radical (unpaired) electrons. The summed E-state index contributed by atoms with van der Waals surface area (Å²) in [5, 5.41) is 3.32. The molecule has 0 amide bonds. The smallest absolute Gasteiger partial charge is 0.240 e. The molecule has 1 rings (SSSR count). The fourth-order valence-electron chi connectivity index (χ4n) is 1.96. The van der Waals surface area contributed by atoms with E-state index in [0.717, 1.165) is 23.3 Å². The Bertz CT molecular complexity index is 543. The fraction of sp³-hybridized carbons (Fsp3) is 0.600. The number of nitrogens with one attached hydrogen (secondary N) is 2. The lowest BCUT2D eigenvalue weighted by atomic mass is 10.1. The van der Waals surface area contributed by atoms with Crippen LogP contribution < -0.4 is 10.0 Å². The van der Waals surface area contributed by atoms with Crippen molar-refractivity contribution in [1.82, 2.24) is 10.0 Å². The summed E-state index contributed by atoms with van der Waals surface area (Å²) < 4.78 is 27.4. The van der Waals surface area contributed by atoms with Crippen LogP contribution in [0.25, 0.3) is 0 Å². The molecule has 0 aliphatic carbocycles. The van der Waals surface area contributed by atoms with Crippen molar-refractivity contribution in [3.05, 3.63) is 29.3 Å². The fourth-order valence-corrected chi connectivity index (χ4v) is 3.75. The van der Waals surface area contributed by atoms with E-state index in [0.29, 0.717) is 24.0 Å². The van der Waals surface area contributed by atoms with Gasteiger partial charge in [0.2, 0.25) is 10.0 Å². The van der Waals surface area contributed by atoms with Gasteiger partial charge in [0, 0.05) is 19.1 Å². The molecular formula is C15H26N2O2S2. The van der Waals surface area contributed by atoms with Gasteiger partial charge in [-0.1, -0.05) is 26.0 Å². The van der Waals surface area contributed by atoms with E-state index in [2.05, 4.69) is 23.9 Å². The summed E-state index contributed by atoms with van der Waals surface area (Å²) in [7, 11) is -3.42. The first kappa shape index (κ1) is 18.5. The van der Waals surface area contributed by atoms with Crippen LogP contribution in [0.15, 0.2) is 23.1 Å². The molecule has 1 aromatic carbocycles. The summed E-state index contributed by atoms with van der Waals surface area (Å²) in [6, 6.07) is 5.82. The van der Waals surface area contributed by atoms with E-state index in [1.807, 2.05) is 19.2 Å². The van der Waals surface area contributed by atoms with Crippen LogP contribution in [0.2, 0.25) is 0 Å². The lowest BCUT2D eigenvalue weighted by Gasteiger charge is -2.14. The summed E-state index contributed by atoms with van der Waals surface area (Å²) in [5.74, 6) is 0.958. The molecule has 21 heavy (non-hydrogen) atoms. The van der Waals surface area contributed by atoms with E-state index in [1.165, 1.54) is 0 Å². The Kier molecular flexibility index (Phi) is 7.73. The maximum Gasteiger partial charge on any atom is 0.240 e. The van der Waals surface area contributed by atoms with E-state index < -0.39 is 10.0 Å². The maximum atomic E-state index is 12.4. The Balaban J connectivity index is 2.84. The zero-order chi connectivity index (χ0) is 15.9. The highest BCUT2D eigenvalue weighted by Gasteiger charge is 2.17. The molecule has 0 aliphatic rings. The predicted octanol–water partition coefficient (Wildman–Crippen LogP) is 2.52. The molecule has 0 aromatic heterocycles. The van der Waals surface area contributed by atoms with Crippen molar-refractivity contribution in [2.45, 2.75) is 44.7 Å². The standard InChI is InChI=1S/C15H26N2O2S2/c1-12(2)16-11-14-7-5-8-15(13(14)3)21(18,19)17-9-6-10-20-4/h5,7-8,12,16-17H,6,9-11H2,1-4H3. The van der Waals surface area contributed by atoms with E-state index in [1.54, 1.807) is 23.9 Å². The first-order valence-electron chi connectivity index (χ1n) is 7.19. The average molecular weight is 331 g/mol. The third kappa shape index (κ3) is 5.98. The van der Waals surface area contributed by atoms with Gasteiger partial charge in [0.05, 0.1) is 4.90 Å². The highest BCUT2D eigenvalue weighted by molar-refractivity contribution is 7.98.